The van der Waals surface area contributed by atoms with Crippen molar-refractivity contribution in [3.8, 4) is 0 Å². The summed E-state index contributed by atoms with van der Waals surface area (Å²) in [6.07, 6.45) is 13.1. The third kappa shape index (κ3) is 10.1. The van der Waals surface area contributed by atoms with Crippen LogP contribution in [0.25, 0.3) is 0 Å². The Hall–Kier alpha value is -1.66. The number of ether oxygens (including phenoxy) is 2. The third-order valence-corrected chi connectivity index (χ3v) is 5.42. The van der Waals surface area contributed by atoms with Crippen molar-refractivity contribution in [1.82, 2.24) is 0 Å². The molecule has 0 aromatic carbocycles. The molecular weight excluding hydrogens is 372 g/mol. The molecule has 5 atom stereocenters. The van der Waals surface area contributed by atoms with Crippen molar-refractivity contribution in [1.29, 1.82) is 0 Å². The molecule has 0 aromatic rings. The van der Waals surface area contributed by atoms with Crippen LogP contribution in [-0.4, -0.2) is 47.6 Å². The lowest BCUT2D eigenvalue weighted by molar-refractivity contribution is -0.148. The molecule has 1 fully saturated rings. The molecule has 0 heterocycles. The van der Waals surface area contributed by atoms with Gasteiger partial charge in [-0.25, -0.2) is 0 Å². The molecule has 2 N–H and O–H groups in total. The minimum Gasteiger partial charge on any atom is -0.469 e. The van der Waals surface area contributed by atoms with E-state index in [9.17, 15) is 19.8 Å². The van der Waals surface area contributed by atoms with E-state index in [-0.39, 0.29) is 29.9 Å². The predicted molar refractivity (Wildman–Crippen MR) is 112 cm³/mol. The van der Waals surface area contributed by atoms with Gasteiger partial charge in [-0.05, 0) is 25.7 Å². The minimum atomic E-state index is -0.601. The van der Waals surface area contributed by atoms with Crippen LogP contribution in [0.2, 0.25) is 0 Å². The molecule has 1 aliphatic carbocycles. The van der Waals surface area contributed by atoms with Gasteiger partial charge in [0.1, 0.15) is 6.10 Å². The molecule has 0 aliphatic heterocycles. The standard InChI is InChI=1S/C23H38O6/c1-4-5-8-11-18(25)14-15-19-20(22(16-21(19)26)29-17(2)24)12-9-6-7-10-13-23(27)28-3/h6,9,14-15,18-22,25-26H,4-5,7-8,10-13,16H2,1-3H3. The number of esters is 2. The highest BCUT2D eigenvalue weighted by atomic mass is 16.5. The van der Waals surface area contributed by atoms with Gasteiger partial charge >= 0.3 is 11.9 Å². The van der Waals surface area contributed by atoms with Crippen LogP contribution < -0.4 is 0 Å². The van der Waals surface area contributed by atoms with Gasteiger partial charge in [0.25, 0.3) is 0 Å². The van der Waals surface area contributed by atoms with E-state index in [4.69, 9.17) is 4.74 Å². The number of methoxy groups -OCH3 is 1. The van der Waals surface area contributed by atoms with E-state index in [1.54, 1.807) is 6.08 Å². The van der Waals surface area contributed by atoms with Gasteiger partial charge in [-0.2, -0.15) is 0 Å². The fraction of sp³-hybridized carbons (Fsp3) is 0.739. The van der Waals surface area contributed by atoms with Crippen molar-refractivity contribution in [2.75, 3.05) is 7.11 Å². The highest BCUT2D eigenvalue weighted by Crippen LogP contribution is 2.38. The monoisotopic (exact) mass is 410 g/mol. The summed E-state index contributed by atoms with van der Waals surface area (Å²) >= 11 is 0. The molecule has 6 heteroatoms. The largest absolute Gasteiger partial charge is 0.469 e. The summed E-state index contributed by atoms with van der Waals surface area (Å²) in [7, 11) is 1.38. The van der Waals surface area contributed by atoms with Gasteiger partial charge < -0.3 is 19.7 Å². The van der Waals surface area contributed by atoms with Crippen LogP contribution in [0.15, 0.2) is 24.3 Å². The van der Waals surface area contributed by atoms with Crippen LogP contribution in [0.5, 0.6) is 0 Å². The van der Waals surface area contributed by atoms with E-state index >= 15 is 0 Å². The van der Waals surface area contributed by atoms with Crippen LogP contribution in [0.4, 0.5) is 0 Å². The summed E-state index contributed by atoms with van der Waals surface area (Å²) in [5.74, 6) is -0.766. The molecule has 1 rings (SSSR count). The fourth-order valence-corrected chi connectivity index (χ4v) is 3.83. The molecule has 5 unspecified atom stereocenters. The Morgan fingerprint density at radius 1 is 1.21 bits per heavy atom. The Morgan fingerprint density at radius 2 is 1.97 bits per heavy atom. The Morgan fingerprint density at radius 3 is 2.62 bits per heavy atom. The lowest BCUT2D eigenvalue weighted by Gasteiger charge is -2.22. The molecule has 166 valence electrons. The van der Waals surface area contributed by atoms with Crippen molar-refractivity contribution in [2.45, 2.75) is 89.9 Å². The van der Waals surface area contributed by atoms with Gasteiger partial charge in [0, 0.05) is 31.6 Å². The zero-order valence-electron chi connectivity index (χ0n) is 18.1. The first-order chi connectivity index (χ1) is 13.9. The number of hydrogen-bond acceptors (Lipinski definition) is 6. The van der Waals surface area contributed by atoms with Gasteiger partial charge in [-0.15, -0.1) is 0 Å². The molecule has 1 saturated carbocycles. The number of carbonyl (C=O) groups excluding carboxylic acids is 2. The van der Waals surface area contributed by atoms with E-state index in [1.165, 1.54) is 14.0 Å². The summed E-state index contributed by atoms with van der Waals surface area (Å²) in [5, 5.41) is 20.7. The first-order valence-electron chi connectivity index (χ1n) is 10.8. The molecule has 0 amide bonds. The van der Waals surface area contributed by atoms with Crippen LogP contribution in [0, 0.1) is 11.8 Å². The summed E-state index contributed by atoms with van der Waals surface area (Å²) in [6.45, 7) is 3.51. The fourth-order valence-electron chi connectivity index (χ4n) is 3.83. The predicted octanol–water partition coefficient (Wildman–Crippen LogP) is 3.70. The molecule has 29 heavy (non-hydrogen) atoms. The first-order valence-corrected chi connectivity index (χ1v) is 10.8. The number of allylic oxidation sites excluding steroid dienone is 2. The van der Waals surface area contributed by atoms with E-state index in [2.05, 4.69) is 11.7 Å². The Labute approximate surface area is 175 Å². The Balaban J connectivity index is 2.65. The SMILES string of the molecule is CCCCCC(O)C=CC1C(O)CC(OC(C)=O)C1CC=CCCCC(=O)OC. The second-order valence-electron chi connectivity index (χ2n) is 7.82. The highest BCUT2D eigenvalue weighted by molar-refractivity contribution is 5.69. The highest BCUT2D eigenvalue weighted by Gasteiger charge is 2.42. The molecule has 0 radical (unpaired) electrons. The van der Waals surface area contributed by atoms with Gasteiger partial charge in [-0.1, -0.05) is 50.5 Å². The average Bonchev–Trinajstić information content (AvgIpc) is 2.96. The topological polar surface area (TPSA) is 93.1 Å². The normalized spacial score (nSPS) is 25.6. The van der Waals surface area contributed by atoms with E-state index in [1.807, 2.05) is 18.2 Å². The number of carbonyl (C=O) groups is 2. The van der Waals surface area contributed by atoms with E-state index in [0.29, 0.717) is 25.7 Å². The average molecular weight is 411 g/mol. The summed E-state index contributed by atoms with van der Waals surface area (Å²) < 4.78 is 10.1. The van der Waals surface area contributed by atoms with E-state index in [0.717, 1.165) is 32.1 Å². The van der Waals surface area contributed by atoms with Gasteiger partial charge in [0.15, 0.2) is 0 Å². The van der Waals surface area contributed by atoms with Crippen molar-refractivity contribution in [3.63, 3.8) is 0 Å². The number of aliphatic hydroxyl groups is 2. The zero-order chi connectivity index (χ0) is 21.6. The lowest BCUT2D eigenvalue weighted by atomic mass is 9.89. The summed E-state index contributed by atoms with van der Waals surface area (Å²) in [6, 6.07) is 0. The molecular formula is C23H38O6. The quantitative estimate of drug-likeness (QED) is 0.273. The molecule has 6 nitrogen and oxygen atoms in total. The van der Waals surface area contributed by atoms with Crippen molar-refractivity contribution in [2.24, 2.45) is 11.8 Å². The smallest absolute Gasteiger partial charge is 0.305 e. The Bertz CT molecular complexity index is 541. The molecule has 1 aliphatic rings. The van der Waals surface area contributed by atoms with Crippen LogP contribution in [-0.2, 0) is 19.1 Å². The lowest BCUT2D eigenvalue weighted by Crippen LogP contribution is -2.24. The molecule has 0 aromatic heterocycles. The number of rotatable bonds is 13. The van der Waals surface area contributed by atoms with Crippen LogP contribution in [0.1, 0.15) is 71.6 Å². The minimum absolute atomic E-state index is 0.0372. The van der Waals surface area contributed by atoms with Crippen LogP contribution in [0.3, 0.4) is 0 Å². The molecule has 0 spiro atoms. The molecule has 0 bridgehead atoms. The second-order valence-corrected chi connectivity index (χ2v) is 7.82. The first kappa shape index (κ1) is 25.4. The van der Waals surface area contributed by atoms with Crippen LogP contribution >= 0.6 is 0 Å². The van der Waals surface area contributed by atoms with E-state index < -0.39 is 12.2 Å². The maximum atomic E-state index is 11.5. The third-order valence-electron chi connectivity index (χ3n) is 5.42. The summed E-state index contributed by atoms with van der Waals surface area (Å²) in [5.41, 5.74) is 0. The molecule has 0 saturated heterocycles. The van der Waals surface area contributed by atoms with Gasteiger partial charge in [0.2, 0.25) is 0 Å². The number of aliphatic hydroxyl groups excluding tert-OH is 2. The Kier molecular flexibility index (Phi) is 12.6. The van der Waals surface area contributed by atoms with Crippen molar-refractivity contribution in [3.05, 3.63) is 24.3 Å². The maximum absolute atomic E-state index is 11.5. The van der Waals surface area contributed by atoms with Gasteiger partial charge in [-0.3, -0.25) is 9.59 Å². The van der Waals surface area contributed by atoms with Gasteiger partial charge in [0.05, 0.1) is 19.3 Å². The number of unbranched alkanes of at least 4 members (excludes halogenated alkanes) is 3. The van der Waals surface area contributed by atoms with Crippen molar-refractivity contribution >= 4 is 11.9 Å². The second kappa shape index (κ2) is 14.3. The zero-order valence-corrected chi connectivity index (χ0v) is 18.1. The number of hydrogen-bond donors (Lipinski definition) is 2. The summed E-state index contributed by atoms with van der Waals surface area (Å²) in [4.78, 5) is 22.6. The maximum Gasteiger partial charge on any atom is 0.305 e. The van der Waals surface area contributed by atoms with Crippen molar-refractivity contribution < 1.29 is 29.3 Å².